The maximum atomic E-state index is 11.5. The third kappa shape index (κ3) is 2.66. The van der Waals surface area contributed by atoms with Gasteiger partial charge in [-0.1, -0.05) is 0 Å². The lowest BCUT2D eigenvalue weighted by Gasteiger charge is -2.09. The van der Waals surface area contributed by atoms with E-state index in [2.05, 4.69) is 10.1 Å². The zero-order valence-corrected chi connectivity index (χ0v) is 10.2. The first kappa shape index (κ1) is 14.1. The first-order chi connectivity index (χ1) is 8.96. The molecule has 0 atom stereocenters. The van der Waals surface area contributed by atoms with Crippen LogP contribution in [0.3, 0.4) is 0 Å². The summed E-state index contributed by atoms with van der Waals surface area (Å²) in [4.78, 5) is 21.6. The number of nitro groups is 1. The molecule has 1 aromatic carbocycles. The highest BCUT2D eigenvalue weighted by Gasteiger charge is 2.25. The Morgan fingerprint density at radius 3 is 2.58 bits per heavy atom. The van der Waals surface area contributed by atoms with Gasteiger partial charge in [-0.3, -0.25) is 15.5 Å². The summed E-state index contributed by atoms with van der Waals surface area (Å²) in [7, 11) is 2.62. The molecule has 8 heteroatoms. The molecule has 0 fully saturated rings. The minimum absolute atomic E-state index is 0.0457. The van der Waals surface area contributed by atoms with E-state index >= 15 is 0 Å². The van der Waals surface area contributed by atoms with E-state index in [4.69, 9.17) is 10.7 Å². The third-order valence-electron chi connectivity index (χ3n) is 2.39. The summed E-state index contributed by atoms with van der Waals surface area (Å²) in [6.07, 6.45) is 0. The van der Waals surface area contributed by atoms with Crippen LogP contribution in [0.15, 0.2) is 12.1 Å². The Labute approximate surface area is 108 Å². The Kier molecular flexibility index (Phi) is 4.15. The van der Waals surface area contributed by atoms with E-state index in [1.54, 1.807) is 6.07 Å². The number of hydrogen-bond acceptors (Lipinski definition) is 7. The van der Waals surface area contributed by atoms with Gasteiger partial charge in [-0.2, -0.15) is 5.26 Å². The standard InChI is InChI=1S/C11H10N4O4/c1-14-9-3-7(11(16)19-2)10(15(17)18)4-6(9)8(13)5-12/h3-4,13-14H,1-2H3. The van der Waals surface area contributed by atoms with Crippen molar-refractivity contribution < 1.29 is 14.5 Å². The van der Waals surface area contributed by atoms with Crippen LogP contribution in [0, 0.1) is 26.9 Å². The number of esters is 1. The summed E-state index contributed by atoms with van der Waals surface area (Å²) >= 11 is 0. The number of nitrogens with zero attached hydrogens (tertiary/aromatic N) is 2. The molecule has 0 unspecified atom stereocenters. The highest BCUT2D eigenvalue weighted by atomic mass is 16.6. The van der Waals surface area contributed by atoms with Crippen LogP contribution in [0.4, 0.5) is 11.4 Å². The average molecular weight is 262 g/mol. The molecule has 98 valence electrons. The summed E-state index contributed by atoms with van der Waals surface area (Å²) in [5.41, 5.74) is -0.891. The van der Waals surface area contributed by atoms with Crippen LogP contribution in [0.2, 0.25) is 0 Å². The first-order valence-electron chi connectivity index (χ1n) is 5.03. The van der Waals surface area contributed by atoms with Gasteiger partial charge < -0.3 is 10.1 Å². The van der Waals surface area contributed by atoms with E-state index in [9.17, 15) is 14.9 Å². The monoisotopic (exact) mass is 262 g/mol. The molecule has 0 aliphatic rings. The lowest BCUT2D eigenvalue weighted by molar-refractivity contribution is -0.385. The number of nitrogens with one attached hydrogen (secondary N) is 2. The first-order valence-corrected chi connectivity index (χ1v) is 5.03. The van der Waals surface area contributed by atoms with Crippen LogP contribution in [-0.2, 0) is 4.74 Å². The Hall–Kier alpha value is -2.95. The average Bonchev–Trinajstić information content (AvgIpc) is 2.43. The molecule has 0 aliphatic heterocycles. The van der Waals surface area contributed by atoms with Crippen molar-refractivity contribution in [2.45, 2.75) is 0 Å². The van der Waals surface area contributed by atoms with Gasteiger partial charge in [0.15, 0.2) is 0 Å². The second kappa shape index (κ2) is 5.59. The van der Waals surface area contributed by atoms with Crippen molar-refractivity contribution in [2.24, 2.45) is 0 Å². The Morgan fingerprint density at radius 2 is 2.16 bits per heavy atom. The van der Waals surface area contributed by atoms with Gasteiger partial charge in [0, 0.05) is 24.4 Å². The molecule has 0 saturated heterocycles. The van der Waals surface area contributed by atoms with E-state index in [1.807, 2.05) is 0 Å². The second-order valence-corrected chi connectivity index (χ2v) is 3.40. The number of ether oxygens (including phenoxy) is 1. The molecule has 0 amide bonds. The number of anilines is 1. The van der Waals surface area contributed by atoms with Crippen molar-refractivity contribution >= 4 is 23.1 Å². The van der Waals surface area contributed by atoms with Gasteiger partial charge in [0.25, 0.3) is 5.69 Å². The maximum Gasteiger partial charge on any atom is 0.344 e. The normalized spacial score (nSPS) is 9.32. The van der Waals surface area contributed by atoms with Crippen LogP contribution in [-0.4, -0.2) is 30.8 Å². The fourth-order valence-corrected chi connectivity index (χ4v) is 1.49. The predicted molar refractivity (Wildman–Crippen MR) is 66.4 cm³/mol. The number of carbonyl (C=O) groups excluding carboxylic acids is 1. The van der Waals surface area contributed by atoms with Crippen LogP contribution < -0.4 is 5.32 Å². The van der Waals surface area contributed by atoms with Gasteiger partial charge in [-0.25, -0.2) is 4.79 Å². The summed E-state index contributed by atoms with van der Waals surface area (Å²) in [5.74, 6) is -0.863. The SMILES string of the molecule is CNc1cc(C(=O)OC)c([N+](=O)[O-])cc1C(=N)C#N. The number of carbonyl (C=O) groups is 1. The highest BCUT2D eigenvalue weighted by Crippen LogP contribution is 2.28. The maximum absolute atomic E-state index is 11.5. The van der Waals surface area contributed by atoms with Crippen LogP contribution in [0.25, 0.3) is 0 Å². The topological polar surface area (TPSA) is 129 Å². The van der Waals surface area contributed by atoms with E-state index in [0.29, 0.717) is 0 Å². The van der Waals surface area contributed by atoms with Crippen molar-refractivity contribution in [1.82, 2.24) is 0 Å². The highest BCUT2D eigenvalue weighted by molar-refractivity contribution is 6.14. The number of methoxy groups -OCH3 is 1. The Balaban J connectivity index is 3.61. The third-order valence-corrected chi connectivity index (χ3v) is 2.39. The lowest BCUT2D eigenvalue weighted by Crippen LogP contribution is -2.10. The minimum atomic E-state index is -0.863. The molecular weight excluding hydrogens is 252 g/mol. The summed E-state index contributed by atoms with van der Waals surface area (Å²) < 4.78 is 4.46. The summed E-state index contributed by atoms with van der Waals surface area (Å²) in [6.45, 7) is 0. The Bertz CT molecular complexity index is 603. The summed E-state index contributed by atoms with van der Waals surface area (Å²) in [6, 6.07) is 3.78. The molecule has 0 heterocycles. The summed E-state index contributed by atoms with van der Waals surface area (Å²) in [5, 5.41) is 29.7. The number of nitro benzene ring substituents is 1. The predicted octanol–water partition coefficient (Wildman–Crippen LogP) is 1.31. The van der Waals surface area contributed by atoms with Crippen LogP contribution >= 0.6 is 0 Å². The van der Waals surface area contributed by atoms with E-state index < -0.39 is 22.3 Å². The molecule has 0 radical (unpaired) electrons. The fraction of sp³-hybridized carbons (Fsp3) is 0.182. The molecule has 0 bridgehead atoms. The van der Waals surface area contributed by atoms with Gasteiger partial charge in [-0.05, 0) is 6.07 Å². The van der Waals surface area contributed by atoms with Gasteiger partial charge in [-0.15, -0.1) is 0 Å². The molecule has 19 heavy (non-hydrogen) atoms. The molecule has 2 N–H and O–H groups in total. The largest absolute Gasteiger partial charge is 0.465 e. The van der Waals surface area contributed by atoms with Crippen molar-refractivity contribution in [1.29, 1.82) is 10.7 Å². The van der Waals surface area contributed by atoms with Gasteiger partial charge >= 0.3 is 5.97 Å². The van der Waals surface area contributed by atoms with E-state index in [-0.39, 0.29) is 16.8 Å². The fourth-order valence-electron chi connectivity index (χ4n) is 1.49. The zero-order chi connectivity index (χ0) is 14.6. The van der Waals surface area contributed by atoms with Crippen LogP contribution in [0.1, 0.15) is 15.9 Å². The molecular formula is C11H10N4O4. The minimum Gasteiger partial charge on any atom is -0.465 e. The van der Waals surface area contributed by atoms with Gasteiger partial charge in [0.2, 0.25) is 0 Å². The molecule has 0 spiro atoms. The molecule has 0 aromatic heterocycles. The Morgan fingerprint density at radius 1 is 1.53 bits per heavy atom. The molecule has 1 aromatic rings. The van der Waals surface area contributed by atoms with E-state index in [1.165, 1.54) is 13.1 Å². The van der Waals surface area contributed by atoms with Gasteiger partial charge in [0.05, 0.1) is 12.0 Å². The second-order valence-electron chi connectivity index (χ2n) is 3.40. The number of rotatable bonds is 4. The molecule has 1 rings (SSSR count). The number of nitriles is 1. The molecule has 0 saturated carbocycles. The quantitative estimate of drug-likeness (QED) is 0.364. The van der Waals surface area contributed by atoms with Crippen molar-refractivity contribution in [3.05, 3.63) is 33.4 Å². The van der Waals surface area contributed by atoms with E-state index in [0.717, 1.165) is 13.2 Å². The molecule has 8 nitrogen and oxygen atoms in total. The van der Waals surface area contributed by atoms with Crippen molar-refractivity contribution in [3.63, 3.8) is 0 Å². The van der Waals surface area contributed by atoms with Crippen molar-refractivity contribution in [2.75, 3.05) is 19.5 Å². The van der Waals surface area contributed by atoms with Crippen molar-refractivity contribution in [3.8, 4) is 6.07 Å². The smallest absolute Gasteiger partial charge is 0.344 e. The van der Waals surface area contributed by atoms with Crippen LogP contribution in [0.5, 0.6) is 0 Å². The molecule has 0 aliphatic carbocycles. The zero-order valence-electron chi connectivity index (χ0n) is 10.2. The number of benzene rings is 1. The lowest BCUT2D eigenvalue weighted by atomic mass is 10.0. The van der Waals surface area contributed by atoms with Gasteiger partial charge in [0.1, 0.15) is 17.3 Å². The number of hydrogen-bond donors (Lipinski definition) is 2.